The minimum Gasteiger partial charge on any atom is -0.479 e. The monoisotopic (exact) mass is 283 g/mol. The molecular weight excluding hydrogens is 266 g/mol. The molecule has 0 aliphatic rings. The Bertz CT molecular complexity index is 430. The van der Waals surface area contributed by atoms with Gasteiger partial charge in [-0.25, -0.2) is 4.79 Å². The van der Waals surface area contributed by atoms with E-state index < -0.39 is 12.1 Å². The summed E-state index contributed by atoms with van der Waals surface area (Å²) in [7, 11) is 0. The molecule has 6 heteroatoms. The molecular formula is C13H17NO4S. The number of hydrogen-bond acceptors (Lipinski definition) is 4. The van der Waals surface area contributed by atoms with Gasteiger partial charge in [0.15, 0.2) is 6.10 Å². The number of carbonyl (C=O) groups excluding carboxylic acids is 1. The molecule has 5 nitrogen and oxygen atoms in total. The molecule has 0 aromatic carbocycles. The van der Waals surface area contributed by atoms with Crippen molar-refractivity contribution in [3.05, 3.63) is 35.0 Å². The second-order valence-electron chi connectivity index (χ2n) is 3.93. The molecule has 0 unspecified atom stereocenters. The number of thiophene rings is 1. The number of carbonyl (C=O) groups is 2. The Balaban J connectivity index is 2.53. The molecule has 19 heavy (non-hydrogen) atoms. The second-order valence-corrected chi connectivity index (χ2v) is 4.97. The highest BCUT2D eigenvalue weighted by molar-refractivity contribution is 7.09. The molecule has 0 saturated heterocycles. The lowest BCUT2D eigenvalue weighted by atomic mass is 10.3. The summed E-state index contributed by atoms with van der Waals surface area (Å²) in [6.07, 6.45) is 0.642. The van der Waals surface area contributed by atoms with Crippen molar-refractivity contribution in [2.75, 3.05) is 13.2 Å². The first-order valence-corrected chi connectivity index (χ1v) is 6.68. The fourth-order valence-electron chi connectivity index (χ4n) is 1.36. The molecule has 0 aliphatic carbocycles. The van der Waals surface area contributed by atoms with E-state index in [9.17, 15) is 9.59 Å². The van der Waals surface area contributed by atoms with Crippen molar-refractivity contribution in [1.29, 1.82) is 0 Å². The molecule has 0 saturated carbocycles. The van der Waals surface area contributed by atoms with Gasteiger partial charge in [0.05, 0.1) is 6.54 Å². The smallest absolute Gasteiger partial charge is 0.332 e. The van der Waals surface area contributed by atoms with Gasteiger partial charge >= 0.3 is 5.97 Å². The molecule has 1 N–H and O–H groups in total. The fourth-order valence-corrected chi connectivity index (χ4v) is 2.08. The Morgan fingerprint density at radius 2 is 2.37 bits per heavy atom. The van der Waals surface area contributed by atoms with Crippen LogP contribution in [0.2, 0.25) is 0 Å². The average molecular weight is 283 g/mol. The first-order chi connectivity index (χ1) is 9.04. The minimum atomic E-state index is -1.08. The predicted octanol–water partition coefficient (Wildman–Crippen LogP) is 1.75. The number of carboxylic acids is 1. The van der Waals surface area contributed by atoms with E-state index in [0.717, 1.165) is 4.88 Å². The Kier molecular flexibility index (Phi) is 6.24. The number of aliphatic carboxylic acids is 1. The summed E-state index contributed by atoms with van der Waals surface area (Å²) in [4.78, 5) is 25.2. The highest BCUT2D eigenvalue weighted by atomic mass is 32.1. The summed E-state index contributed by atoms with van der Waals surface area (Å²) >= 11 is 1.56. The van der Waals surface area contributed by atoms with Crippen LogP contribution in [-0.2, 0) is 20.9 Å². The molecule has 104 valence electrons. The number of hydrogen-bond donors (Lipinski definition) is 1. The van der Waals surface area contributed by atoms with E-state index in [2.05, 4.69) is 6.58 Å². The molecule has 1 amide bonds. The Labute approximate surface area is 116 Å². The Morgan fingerprint density at radius 1 is 1.63 bits per heavy atom. The van der Waals surface area contributed by atoms with Crippen molar-refractivity contribution < 1.29 is 19.4 Å². The Hall–Kier alpha value is -1.66. The molecule has 1 rings (SSSR count). The zero-order valence-corrected chi connectivity index (χ0v) is 11.6. The maximum absolute atomic E-state index is 12.0. The van der Waals surface area contributed by atoms with E-state index in [4.69, 9.17) is 9.84 Å². The van der Waals surface area contributed by atoms with Crippen molar-refractivity contribution in [3.8, 4) is 0 Å². The van der Waals surface area contributed by atoms with Crippen LogP contribution in [0.1, 0.15) is 11.8 Å². The summed E-state index contributed by atoms with van der Waals surface area (Å²) in [5.41, 5.74) is 0. The van der Waals surface area contributed by atoms with Crippen LogP contribution < -0.4 is 0 Å². The van der Waals surface area contributed by atoms with Crippen LogP contribution in [0.5, 0.6) is 0 Å². The molecule has 1 aromatic heterocycles. The molecule has 0 radical (unpaired) electrons. The topological polar surface area (TPSA) is 66.8 Å². The largest absolute Gasteiger partial charge is 0.479 e. The lowest BCUT2D eigenvalue weighted by Crippen LogP contribution is -2.35. The van der Waals surface area contributed by atoms with Crippen LogP contribution in [0.15, 0.2) is 30.2 Å². The van der Waals surface area contributed by atoms with Crippen molar-refractivity contribution in [2.24, 2.45) is 0 Å². The van der Waals surface area contributed by atoms with Crippen molar-refractivity contribution in [1.82, 2.24) is 4.90 Å². The highest BCUT2D eigenvalue weighted by Gasteiger charge is 2.17. The standard InChI is InChI=1S/C13H17NO4S/c1-3-6-14(8-11-5-4-7-19-11)12(15)9-18-10(2)13(16)17/h3-5,7,10H,1,6,8-9H2,2H3,(H,16,17)/t10-/m0/s1. The van der Waals surface area contributed by atoms with Gasteiger partial charge in [0.2, 0.25) is 5.91 Å². The van der Waals surface area contributed by atoms with Crippen LogP contribution in [-0.4, -0.2) is 41.1 Å². The number of rotatable bonds is 8. The third kappa shape index (κ3) is 5.23. The predicted molar refractivity (Wildman–Crippen MR) is 73.0 cm³/mol. The zero-order valence-electron chi connectivity index (χ0n) is 10.7. The third-order valence-electron chi connectivity index (χ3n) is 2.43. The lowest BCUT2D eigenvalue weighted by molar-refractivity contribution is -0.152. The zero-order chi connectivity index (χ0) is 14.3. The van der Waals surface area contributed by atoms with E-state index >= 15 is 0 Å². The summed E-state index contributed by atoms with van der Waals surface area (Å²) < 4.78 is 4.99. The first kappa shape index (κ1) is 15.4. The number of carboxylic acid groups (broad SMARTS) is 1. The first-order valence-electron chi connectivity index (χ1n) is 5.80. The quantitative estimate of drug-likeness (QED) is 0.738. The number of amides is 1. The van der Waals surface area contributed by atoms with Crippen LogP contribution in [0.3, 0.4) is 0 Å². The molecule has 1 atom stereocenters. The highest BCUT2D eigenvalue weighted by Crippen LogP contribution is 2.12. The summed E-state index contributed by atoms with van der Waals surface area (Å²) in [6, 6.07) is 3.86. The van der Waals surface area contributed by atoms with Gasteiger partial charge in [-0.1, -0.05) is 12.1 Å². The van der Waals surface area contributed by atoms with E-state index in [1.807, 2.05) is 17.5 Å². The van der Waals surface area contributed by atoms with E-state index in [-0.39, 0.29) is 12.5 Å². The third-order valence-corrected chi connectivity index (χ3v) is 3.29. The summed E-state index contributed by atoms with van der Waals surface area (Å²) in [5, 5.41) is 10.6. The molecule has 1 heterocycles. The molecule has 0 bridgehead atoms. The van der Waals surface area contributed by atoms with Gasteiger partial charge in [0.1, 0.15) is 6.61 Å². The van der Waals surface area contributed by atoms with Gasteiger partial charge in [-0.3, -0.25) is 4.79 Å². The normalized spacial score (nSPS) is 11.8. The maximum atomic E-state index is 12.0. The second kappa shape index (κ2) is 7.70. The van der Waals surface area contributed by atoms with E-state index in [0.29, 0.717) is 13.1 Å². The summed E-state index contributed by atoms with van der Waals surface area (Å²) in [6.45, 7) is 5.65. The van der Waals surface area contributed by atoms with Crippen molar-refractivity contribution in [3.63, 3.8) is 0 Å². The van der Waals surface area contributed by atoms with Gasteiger partial charge in [-0.2, -0.15) is 0 Å². The average Bonchev–Trinajstić information content (AvgIpc) is 2.87. The molecule has 1 aromatic rings. The lowest BCUT2D eigenvalue weighted by Gasteiger charge is -2.21. The Morgan fingerprint density at radius 3 is 2.89 bits per heavy atom. The van der Waals surface area contributed by atoms with Gasteiger partial charge in [0.25, 0.3) is 0 Å². The summed E-state index contributed by atoms with van der Waals surface area (Å²) in [5.74, 6) is -1.33. The molecule has 0 aliphatic heterocycles. The van der Waals surface area contributed by atoms with Gasteiger partial charge < -0.3 is 14.7 Å². The van der Waals surface area contributed by atoms with Gasteiger partial charge in [0, 0.05) is 11.4 Å². The van der Waals surface area contributed by atoms with Crippen molar-refractivity contribution >= 4 is 23.2 Å². The number of ether oxygens (including phenoxy) is 1. The number of nitrogens with zero attached hydrogens (tertiary/aromatic N) is 1. The van der Waals surface area contributed by atoms with E-state index in [1.54, 1.807) is 22.3 Å². The molecule has 0 spiro atoms. The van der Waals surface area contributed by atoms with Crippen LogP contribution in [0.4, 0.5) is 0 Å². The minimum absolute atomic E-state index is 0.243. The van der Waals surface area contributed by atoms with Crippen LogP contribution >= 0.6 is 11.3 Å². The van der Waals surface area contributed by atoms with Gasteiger partial charge in [-0.15, -0.1) is 17.9 Å². The van der Waals surface area contributed by atoms with E-state index in [1.165, 1.54) is 6.92 Å². The molecule has 0 fully saturated rings. The van der Waals surface area contributed by atoms with Crippen molar-refractivity contribution in [2.45, 2.75) is 19.6 Å². The SMILES string of the molecule is C=CCN(Cc1cccs1)C(=O)CO[C@@H](C)C(=O)O. The maximum Gasteiger partial charge on any atom is 0.332 e. The fraction of sp³-hybridized carbons (Fsp3) is 0.385. The van der Waals surface area contributed by atoms with Gasteiger partial charge in [-0.05, 0) is 18.4 Å². The van der Waals surface area contributed by atoms with Crippen LogP contribution in [0, 0.1) is 0 Å². The van der Waals surface area contributed by atoms with Crippen LogP contribution in [0.25, 0.3) is 0 Å².